The van der Waals surface area contributed by atoms with E-state index in [2.05, 4.69) is 18.2 Å². The molecular weight excluding hydrogens is 224 g/mol. The van der Waals surface area contributed by atoms with Crippen molar-refractivity contribution < 1.29 is 9.47 Å². The lowest BCUT2D eigenvalue weighted by Crippen LogP contribution is -2.09. The summed E-state index contributed by atoms with van der Waals surface area (Å²) in [4.78, 5) is 0. The summed E-state index contributed by atoms with van der Waals surface area (Å²) in [6, 6.07) is 6.39. The van der Waals surface area contributed by atoms with Gasteiger partial charge in [0.05, 0.1) is 12.7 Å². The number of benzene rings is 1. The summed E-state index contributed by atoms with van der Waals surface area (Å²) in [7, 11) is 0. The van der Waals surface area contributed by atoms with Crippen LogP contribution in [0.3, 0.4) is 0 Å². The molecule has 2 atom stereocenters. The van der Waals surface area contributed by atoms with Crippen LogP contribution in [0.4, 0.5) is 0 Å². The molecule has 2 unspecified atom stereocenters. The van der Waals surface area contributed by atoms with Crippen molar-refractivity contribution in [3.05, 3.63) is 29.3 Å². The molecule has 0 bridgehead atoms. The minimum Gasteiger partial charge on any atom is -0.493 e. The van der Waals surface area contributed by atoms with E-state index in [0.717, 1.165) is 31.8 Å². The normalized spacial score (nSPS) is 27.8. The Bertz CT molecular complexity index is 392. The van der Waals surface area contributed by atoms with E-state index in [1.165, 1.54) is 11.1 Å². The van der Waals surface area contributed by atoms with Gasteiger partial charge in [0.15, 0.2) is 0 Å². The monoisotopic (exact) mass is 238 g/mol. The molecule has 2 aliphatic heterocycles. The quantitative estimate of drug-likeness (QED) is 0.738. The van der Waals surface area contributed by atoms with Gasteiger partial charge in [-0.05, 0) is 29.7 Å². The Hall–Kier alpha value is -0.730. The van der Waals surface area contributed by atoms with Gasteiger partial charge >= 0.3 is 0 Å². The molecule has 0 aromatic heterocycles. The predicted octanol–water partition coefficient (Wildman–Crippen LogP) is 2.94. The first-order valence-corrected chi connectivity index (χ1v) is 6.35. The lowest BCUT2D eigenvalue weighted by Gasteiger charge is -2.17. The van der Waals surface area contributed by atoms with Gasteiger partial charge in [0.25, 0.3) is 0 Å². The highest BCUT2D eigenvalue weighted by atomic mass is 35.5. The van der Waals surface area contributed by atoms with Gasteiger partial charge in [-0.3, -0.25) is 0 Å². The van der Waals surface area contributed by atoms with E-state index in [-0.39, 0.29) is 6.10 Å². The molecule has 3 rings (SSSR count). The van der Waals surface area contributed by atoms with Crippen LogP contribution in [0.2, 0.25) is 0 Å². The molecule has 3 heteroatoms. The molecule has 0 saturated carbocycles. The minimum absolute atomic E-state index is 0.184. The van der Waals surface area contributed by atoms with Crippen molar-refractivity contribution >= 4 is 11.6 Å². The van der Waals surface area contributed by atoms with Crippen LogP contribution < -0.4 is 4.74 Å². The summed E-state index contributed by atoms with van der Waals surface area (Å²) in [5.74, 6) is 2.17. The van der Waals surface area contributed by atoms with Gasteiger partial charge in [0.2, 0.25) is 0 Å². The van der Waals surface area contributed by atoms with Gasteiger partial charge in [0, 0.05) is 24.8 Å². The smallest absolute Gasteiger partial charge is 0.122 e. The third-order valence-electron chi connectivity index (χ3n) is 3.45. The van der Waals surface area contributed by atoms with E-state index in [9.17, 15) is 0 Å². The minimum atomic E-state index is 0.184. The van der Waals surface area contributed by atoms with Crippen molar-refractivity contribution in [1.29, 1.82) is 0 Å². The van der Waals surface area contributed by atoms with Crippen molar-refractivity contribution in [2.45, 2.75) is 18.9 Å². The molecule has 1 aromatic carbocycles. The Labute approximate surface area is 101 Å². The first-order valence-electron chi connectivity index (χ1n) is 5.81. The molecule has 1 fully saturated rings. The Morgan fingerprint density at radius 3 is 3.12 bits per heavy atom. The molecule has 0 amide bonds. The fraction of sp³-hybridized carbons (Fsp3) is 0.538. The summed E-state index contributed by atoms with van der Waals surface area (Å²) >= 11 is 5.97. The van der Waals surface area contributed by atoms with Crippen LogP contribution in [0.5, 0.6) is 5.75 Å². The van der Waals surface area contributed by atoms with E-state index in [1.54, 1.807) is 0 Å². The maximum absolute atomic E-state index is 5.97. The van der Waals surface area contributed by atoms with Crippen LogP contribution in [0.15, 0.2) is 18.2 Å². The first-order chi connectivity index (χ1) is 7.88. The molecular formula is C13H15ClO2. The second-order valence-electron chi connectivity index (χ2n) is 4.46. The highest BCUT2D eigenvalue weighted by Crippen LogP contribution is 2.37. The molecule has 2 heterocycles. The van der Waals surface area contributed by atoms with Crippen LogP contribution in [-0.4, -0.2) is 19.1 Å². The van der Waals surface area contributed by atoms with E-state index < -0.39 is 0 Å². The molecule has 0 spiro atoms. The zero-order chi connectivity index (χ0) is 11.0. The van der Waals surface area contributed by atoms with Gasteiger partial charge < -0.3 is 9.47 Å². The van der Waals surface area contributed by atoms with Crippen molar-refractivity contribution in [3.8, 4) is 5.75 Å². The molecule has 2 aliphatic rings. The van der Waals surface area contributed by atoms with Gasteiger partial charge in [-0.15, -0.1) is 11.6 Å². The molecule has 1 saturated heterocycles. The molecule has 86 valence electrons. The van der Waals surface area contributed by atoms with E-state index in [0.29, 0.717) is 11.8 Å². The second-order valence-corrected chi connectivity index (χ2v) is 4.77. The average Bonchev–Trinajstić information content (AvgIpc) is 2.96. The Kier molecular flexibility index (Phi) is 2.78. The highest BCUT2D eigenvalue weighted by Gasteiger charge is 2.29. The zero-order valence-electron chi connectivity index (χ0n) is 9.12. The summed E-state index contributed by atoms with van der Waals surface area (Å²) in [5, 5.41) is 0. The van der Waals surface area contributed by atoms with Crippen LogP contribution >= 0.6 is 11.6 Å². The molecule has 2 nitrogen and oxygen atoms in total. The molecule has 0 radical (unpaired) electrons. The molecule has 16 heavy (non-hydrogen) atoms. The SMILES string of the molecule is ClCC1CCOC1c1ccc2c(c1)CCO2. The van der Waals surface area contributed by atoms with Gasteiger partial charge in [-0.25, -0.2) is 0 Å². The first kappa shape index (κ1) is 10.4. The number of fused-ring (bicyclic) bond motifs is 1. The molecule has 1 aromatic rings. The number of ether oxygens (including phenoxy) is 2. The average molecular weight is 239 g/mol. The molecule has 0 aliphatic carbocycles. The Morgan fingerprint density at radius 2 is 2.25 bits per heavy atom. The van der Waals surface area contributed by atoms with Crippen LogP contribution in [0.1, 0.15) is 23.7 Å². The third kappa shape index (κ3) is 1.70. The summed E-state index contributed by atoms with van der Waals surface area (Å²) in [6.45, 7) is 1.64. The van der Waals surface area contributed by atoms with E-state index >= 15 is 0 Å². The zero-order valence-corrected chi connectivity index (χ0v) is 9.87. The largest absolute Gasteiger partial charge is 0.493 e. The van der Waals surface area contributed by atoms with Crippen molar-refractivity contribution in [2.24, 2.45) is 5.92 Å². The number of halogens is 1. The van der Waals surface area contributed by atoms with Gasteiger partial charge in [-0.2, -0.15) is 0 Å². The van der Waals surface area contributed by atoms with Crippen LogP contribution in [0, 0.1) is 5.92 Å². The maximum atomic E-state index is 5.97. The summed E-state index contributed by atoms with van der Waals surface area (Å²) < 4.78 is 11.3. The molecule has 0 N–H and O–H groups in total. The lowest BCUT2D eigenvalue weighted by molar-refractivity contribution is 0.0951. The predicted molar refractivity (Wildman–Crippen MR) is 63.2 cm³/mol. The fourth-order valence-corrected chi connectivity index (χ4v) is 2.86. The number of alkyl halides is 1. The fourth-order valence-electron chi connectivity index (χ4n) is 2.54. The highest BCUT2D eigenvalue weighted by molar-refractivity contribution is 6.18. The number of rotatable bonds is 2. The number of hydrogen-bond donors (Lipinski definition) is 0. The Morgan fingerprint density at radius 1 is 1.31 bits per heavy atom. The standard InChI is InChI=1S/C13H15ClO2/c14-8-11-4-6-16-13(11)10-1-2-12-9(7-10)3-5-15-12/h1-2,7,11,13H,3-6,8H2. The maximum Gasteiger partial charge on any atom is 0.122 e. The Balaban J connectivity index is 1.89. The van der Waals surface area contributed by atoms with Crippen LogP contribution in [-0.2, 0) is 11.2 Å². The van der Waals surface area contributed by atoms with Crippen molar-refractivity contribution in [1.82, 2.24) is 0 Å². The third-order valence-corrected chi connectivity index (χ3v) is 3.85. The van der Waals surface area contributed by atoms with E-state index in [1.807, 2.05) is 0 Å². The lowest BCUT2D eigenvalue weighted by atomic mass is 9.95. The topological polar surface area (TPSA) is 18.5 Å². The van der Waals surface area contributed by atoms with E-state index in [4.69, 9.17) is 21.1 Å². The van der Waals surface area contributed by atoms with Crippen LogP contribution in [0.25, 0.3) is 0 Å². The van der Waals surface area contributed by atoms with Crippen molar-refractivity contribution in [3.63, 3.8) is 0 Å². The van der Waals surface area contributed by atoms with Gasteiger partial charge in [0.1, 0.15) is 5.75 Å². The summed E-state index contributed by atoms with van der Waals surface area (Å²) in [5.41, 5.74) is 2.56. The van der Waals surface area contributed by atoms with Gasteiger partial charge in [-0.1, -0.05) is 6.07 Å². The summed E-state index contributed by atoms with van der Waals surface area (Å²) in [6.07, 6.45) is 2.27. The van der Waals surface area contributed by atoms with Crippen molar-refractivity contribution in [2.75, 3.05) is 19.1 Å². The number of hydrogen-bond acceptors (Lipinski definition) is 2. The second kappa shape index (κ2) is 4.27.